The Hall–Kier alpha value is -4.51. The molecule has 43 heavy (non-hydrogen) atoms. The highest BCUT2D eigenvalue weighted by molar-refractivity contribution is 5.82. The zero-order chi connectivity index (χ0) is 31.5. The molecule has 4 rings (SSSR count). The summed E-state index contributed by atoms with van der Waals surface area (Å²) in [4.78, 5) is 38.9. The minimum absolute atomic E-state index is 0.0721. The van der Waals surface area contributed by atoms with Crippen LogP contribution in [-0.4, -0.2) is 58.4 Å². The van der Waals surface area contributed by atoms with Gasteiger partial charge >= 0.3 is 5.97 Å². The van der Waals surface area contributed by atoms with Gasteiger partial charge in [-0.1, -0.05) is 54.6 Å². The average molecular weight is 593 g/mol. The second-order valence-electron chi connectivity index (χ2n) is 11.7. The van der Waals surface area contributed by atoms with Gasteiger partial charge in [0.15, 0.2) is 0 Å². The number of benzene rings is 3. The summed E-state index contributed by atoms with van der Waals surface area (Å²) >= 11 is 0. The molecule has 3 aromatic carbocycles. The standard InChI is InChI=1S/C32H36N2O9/c1-31(2,3)43-30(35)32(36)25(19-20-9-7-6-8-10-20)26(21-11-15-23(41-4)16-12-21)28(33(37)38)27(29(32)34(39)40)22-13-17-24(42-5)18-14-22/h6-18,25-29,36H,19H2,1-5H3/t25-,26+,27-,28+,29+,32-/m1/s1. The van der Waals surface area contributed by atoms with Gasteiger partial charge in [-0.2, -0.15) is 0 Å². The van der Waals surface area contributed by atoms with E-state index in [1.165, 1.54) is 38.5 Å². The highest BCUT2D eigenvalue weighted by Crippen LogP contribution is 2.54. The molecule has 0 aromatic heterocycles. The lowest BCUT2D eigenvalue weighted by Gasteiger charge is -2.48. The third kappa shape index (κ3) is 6.31. The van der Waals surface area contributed by atoms with Crippen LogP contribution in [-0.2, 0) is 16.0 Å². The summed E-state index contributed by atoms with van der Waals surface area (Å²) in [5, 5.41) is 38.7. The molecule has 1 aliphatic carbocycles. The number of carbonyl (C=O) groups excluding carboxylic acids is 1. The van der Waals surface area contributed by atoms with Crippen LogP contribution in [0.5, 0.6) is 11.5 Å². The van der Waals surface area contributed by atoms with Gasteiger partial charge in [0.25, 0.3) is 6.04 Å². The molecule has 6 atom stereocenters. The van der Waals surface area contributed by atoms with E-state index in [0.29, 0.717) is 22.6 Å². The molecule has 1 aliphatic rings. The van der Waals surface area contributed by atoms with Crippen LogP contribution in [0.4, 0.5) is 0 Å². The molecule has 0 bridgehead atoms. The molecule has 11 heteroatoms. The number of esters is 1. The quantitative estimate of drug-likeness (QED) is 0.210. The minimum Gasteiger partial charge on any atom is -0.497 e. The summed E-state index contributed by atoms with van der Waals surface area (Å²) in [7, 11) is 2.93. The van der Waals surface area contributed by atoms with Gasteiger partial charge in [-0.05, 0) is 68.1 Å². The van der Waals surface area contributed by atoms with E-state index in [9.17, 15) is 30.1 Å². The molecule has 0 aliphatic heterocycles. The van der Waals surface area contributed by atoms with Crippen molar-refractivity contribution < 1.29 is 34.0 Å². The fraction of sp³-hybridized carbons (Fsp3) is 0.406. The predicted octanol–water partition coefficient (Wildman–Crippen LogP) is 4.81. The summed E-state index contributed by atoms with van der Waals surface area (Å²) in [5.74, 6) is -4.27. The van der Waals surface area contributed by atoms with E-state index < -0.39 is 56.9 Å². The largest absolute Gasteiger partial charge is 0.497 e. The Labute approximate surface area is 249 Å². The van der Waals surface area contributed by atoms with Crippen molar-refractivity contribution in [1.82, 2.24) is 0 Å². The molecular formula is C32H36N2O9. The second kappa shape index (κ2) is 12.4. The fourth-order valence-electron chi connectivity index (χ4n) is 6.21. The molecule has 1 fully saturated rings. The maximum atomic E-state index is 14.1. The van der Waals surface area contributed by atoms with Crippen molar-refractivity contribution >= 4 is 5.97 Å². The van der Waals surface area contributed by atoms with Crippen LogP contribution in [0.15, 0.2) is 78.9 Å². The Kier molecular flexibility index (Phi) is 9.05. The van der Waals surface area contributed by atoms with Gasteiger partial charge in [-0.3, -0.25) is 20.2 Å². The van der Waals surface area contributed by atoms with Crippen LogP contribution in [0.3, 0.4) is 0 Å². The second-order valence-corrected chi connectivity index (χ2v) is 11.7. The van der Waals surface area contributed by atoms with E-state index in [-0.39, 0.29) is 12.0 Å². The number of hydrogen-bond acceptors (Lipinski definition) is 9. The molecule has 0 unspecified atom stereocenters. The Bertz CT molecular complexity index is 1440. The summed E-state index contributed by atoms with van der Waals surface area (Å²) in [6.07, 6.45) is -0.0721. The Morgan fingerprint density at radius 1 is 0.814 bits per heavy atom. The molecular weight excluding hydrogens is 556 g/mol. The van der Waals surface area contributed by atoms with Crippen molar-refractivity contribution in [3.63, 3.8) is 0 Å². The lowest BCUT2D eigenvalue weighted by Crippen LogP contribution is -2.70. The van der Waals surface area contributed by atoms with E-state index in [2.05, 4.69) is 0 Å². The van der Waals surface area contributed by atoms with Gasteiger partial charge in [0.2, 0.25) is 11.6 Å². The maximum absolute atomic E-state index is 14.1. The number of aliphatic hydroxyl groups is 1. The monoisotopic (exact) mass is 592 g/mol. The molecule has 3 aromatic rings. The van der Waals surface area contributed by atoms with Gasteiger partial charge < -0.3 is 19.3 Å². The number of rotatable bonds is 9. The Morgan fingerprint density at radius 2 is 1.30 bits per heavy atom. The zero-order valence-corrected chi connectivity index (χ0v) is 24.7. The first-order chi connectivity index (χ1) is 20.3. The Balaban J connectivity index is 2.07. The van der Waals surface area contributed by atoms with Crippen molar-refractivity contribution in [2.45, 2.75) is 62.3 Å². The summed E-state index contributed by atoms with van der Waals surface area (Å²) in [5.41, 5.74) is -2.61. The van der Waals surface area contributed by atoms with Crippen LogP contribution in [0.1, 0.15) is 49.3 Å². The summed E-state index contributed by atoms with van der Waals surface area (Å²) in [6, 6.07) is 17.6. The fourth-order valence-corrected chi connectivity index (χ4v) is 6.21. The average Bonchev–Trinajstić information content (AvgIpc) is 2.97. The van der Waals surface area contributed by atoms with Gasteiger partial charge in [0, 0.05) is 15.8 Å². The van der Waals surface area contributed by atoms with E-state index in [1.54, 1.807) is 75.4 Å². The third-order valence-electron chi connectivity index (χ3n) is 8.02. The van der Waals surface area contributed by atoms with Gasteiger partial charge in [-0.15, -0.1) is 0 Å². The van der Waals surface area contributed by atoms with Crippen LogP contribution in [0, 0.1) is 26.1 Å². The normalized spacial score (nSPS) is 25.4. The zero-order valence-electron chi connectivity index (χ0n) is 24.7. The first-order valence-electron chi connectivity index (χ1n) is 13.9. The Morgan fingerprint density at radius 3 is 1.72 bits per heavy atom. The van der Waals surface area contributed by atoms with Crippen molar-refractivity contribution in [3.8, 4) is 11.5 Å². The van der Waals surface area contributed by atoms with Crippen LogP contribution in [0.2, 0.25) is 0 Å². The van der Waals surface area contributed by atoms with Gasteiger partial charge in [-0.25, -0.2) is 4.79 Å². The molecule has 0 amide bonds. The van der Waals surface area contributed by atoms with Gasteiger partial charge in [0.05, 0.1) is 20.1 Å². The lowest BCUT2D eigenvalue weighted by atomic mass is 9.55. The molecule has 0 heterocycles. The van der Waals surface area contributed by atoms with Crippen molar-refractivity contribution in [3.05, 3.63) is 116 Å². The van der Waals surface area contributed by atoms with E-state index in [1.807, 2.05) is 0 Å². The number of nitrogens with zero attached hydrogens (tertiary/aromatic N) is 2. The molecule has 228 valence electrons. The first kappa shape index (κ1) is 31.4. The third-order valence-corrected chi connectivity index (χ3v) is 8.02. The topological polar surface area (TPSA) is 151 Å². The maximum Gasteiger partial charge on any atom is 0.346 e. The number of methoxy groups -OCH3 is 2. The van der Waals surface area contributed by atoms with Crippen LogP contribution in [0.25, 0.3) is 0 Å². The summed E-state index contributed by atoms with van der Waals surface area (Å²) < 4.78 is 16.2. The smallest absolute Gasteiger partial charge is 0.346 e. The van der Waals surface area contributed by atoms with E-state index >= 15 is 0 Å². The predicted molar refractivity (Wildman–Crippen MR) is 157 cm³/mol. The minimum atomic E-state index is -2.77. The lowest BCUT2D eigenvalue weighted by molar-refractivity contribution is -0.594. The molecule has 0 radical (unpaired) electrons. The highest BCUT2D eigenvalue weighted by atomic mass is 16.6. The van der Waals surface area contributed by atoms with Crippen molar-refractivity contribution in [1.29, 1.82) is 0 Å². The molecule has 0 spiro atoms. The number of hydrogen-bond donors (Lipinski definition) is 1. The highest BCUT2D eigenvalue weighted by Gasteiger charge is 2.72. The first-order valence-corrected chi connectivity index (χ1v) is 13.9. The van der Waals surface area contributed by atoms with Gasteiger partial charge in [0.1, 0.15) is 23.0 Å². The molecule has 1 N–H and O–H groups in total. The van der Waals surface area contributed by atoms with Crippen molar-refractivity contribution in [2.75, 3.05) is 14.2 Å². The summed E-state index contributed by atoms with van der Waals surface area (Å²) in [6.45, 7) is 4.77. The van der Waals surface area contributed by atoms with Crippen LogP contribution >= 0.6 is 0 Å². The van der Waals surface area contributed by atoms with E-state index in [4.69, 9.17) is 14.2 Å². The van der Waals surface area contributed by atoms with Crippen LogP contribution < -0.4 is 9.47 Å². The van der Waals surface area contributed by atoms with Crippen molar-refractivity contribution in [2.24, 2.45) is 5.92 Å². The number of nitro groups is 2. The molecule has 0 saturated heterocycles. The SMILES string of the molecule is COc1ccc([C@@H]2[C@H]([N+](=O)[O-])[C@@H](c3ccc(OC)cc3)[C@H]([N+](=O)[O-])[C@@](O)(C(=O)OC(C)(C)C)[C@@H]2Cc2ccccc2)cc1. The number of ether oxygens (including phenoxy) is 3. The van der Waals surface area contributed by atoms with E-state index in [0.717, 1.165) is 0 Å². The molecule has 11 nitrogen and oxygen atoms in total. The number of carbonyl (C=O) groups is 1. The molecule has 1 saturated carbocycles.